The molecule has 0 aromatic heterocycles. The molecular weight excluding hydrogens is 196 g/mol. The van der Waals surface area contributed by atoms with Gasteiger partial charge in [0.05, 0.1) is 13.1 Å². The molecule has 0 unspecified atom stereocenters. The van der Waals surface area contributed by atoms with E-state index in [0.717, 1.165) is 30.8 Å². The smallest absolute Gasteiger partial charge is 0.152 e. The third-order valence-electron chi connectivity index (χ3n) is 3.55. The van der Waals surface area contributed by atoms with E-state index in [9.17, 15) is 0 Å². The Hall–Kier alpha value is -0.860. The third kappa shape index (κ3) is 2.28. The lowest BCUT2D eigenvalue weighted by Crippen LogP contribution is -2.61. The zero-order valence-corrected chi connectivity index (χ0v) is 11.1. The van der Waals surface area contributed by atoms with Crippen molar-refractivity contribution in [2.45, 2.75) is 27.7 Å². The Bertz CT molecular complexity index is 287. The van der Waals surface area contributed by atoms with Crippen molar-refractivity contribution < 1.29 is 0 Å². The maximum atomic E-state index is 2.52. The number of para-hydroxylation sites is 1. The first-order valence-electron chi connectivity index (χ1n) is 6.43. The number of hydrogen-bond donors (Lipinski definition) is 0. The molecule has 16 heavy (non-hydrogen) atoms. The Balaban J connectivity index is 3.14. The molecular formula is C14H25N2+. The van der Waals surface area contributed by atoms with Crippen LogP contribution in [0.2, 0.25) is 0 Å². The maximum Gasteiger partial charge on any atom is 0.152 e. The minimum Gasteiger partial charge on any atom is -0.212 e. The van der Waals surface area contributed by atoms with Crippen LogP contribution in [-0.2, 0) is 0 Å². The van der Waals surface area contributed by atoms with Gasteiger partial charge in [-0.3, -0.25) is 0 Å². The summed E-state index contributed by atoms with van der Waals surface area (Å²) >= 11 is 0. The SMILES string of the molecule is CCN(CC)[N+](CC)(CC)c1ccccc1. The Kier molecular flexibility index (Phi) is 4.97. The molecule has 2 nitrogen and oxygen atoms in total. The molecule has 2 heteroatoms. The normalized spacial score (nSPS) is 12.1. The summed E-state index contributed by atoms with van der Waals surface area (Å²) in [6.07, 6.45) is 0. The summed E-state index contributed by atoms with van der Waals surface area (Å²) < 4.78 is 0.966. The number of hydrogen-bond acceptors (Lipinski definition) is 1. The highest BCUT2D eigenvalue weighted by atomic mass is 15.7. The first-order valence-corrected chi connectivity index (χ1v) is 6.43. The molecule has 0 bridgehead atoms. The van der Waals surface area contributed by atoms with Crippen LogP contribution in [0.3, 0.4) is 0 Å². The van der Waals surface area contributed by atoms with Crippen LogP contribution in [0.1, 0.15) is 27.7 Å². The summed E-state index contributed by atoms with van der Waals surface area (Å²) in [4.78, 5) is 0. The lowest BCUT2D eigenvalue weighted by molar-refractivity contribution is 0.000782. The average molecular weight is 221 g/mol. The van der Waals surface area contributed by atoms with Gasteiger partial charge in [-0.2, -0.15) is 5.01 Å². The van der Waals surface area contributed by atoms with E-state index < -0.39 is 0 Å². The molecule has 0 heterocycles. The Labute approximate surface area is 100 Å². The van der Waals surface area contributed by atoms with Gasteiger partial charge in [-0.05, 0) is 27.7 Å². The predicted molar refractivity (Wildman–Crippen MR) is 72.2 cm³/mol. The van der Waals surface area contributed by atoms with Crippen LogP contribution in [-0.4, -0.2) is 31.2 Å². The largest absolute Gasteiger partial charge is 0.212 e. The number of nitrogens with zero attached hydrogens (tertiary/aromatic N) is 2. The molecule has 1 aromatic rings. The molecule has 0 aliphatic heterocycles. The molecule has 1 aromatic carbocycles. The second-order valence-corrected chi connectivity index (χ2v) is 4.03. The van der Waals surface area contributed by atoms with Crippen molar-refractivity contribution in [3.63, 3.8) is 0 Å². The minimum absolute atomic E-state index is 0.966. The third-order valence-corrected chi connectivity index (χ3v) is 3.55. The minimum atomic E-state index is 0.966. The molecule has 0 aliphatic carbocycles. The van der Waals surface area contributed by atoms with Crippen LogP contribution in [0.5, 0.6) is 0 Å². The number of benzene rings is 1. The van der Waals surface area contributed by atoms with Crippen molar-refractivity contribution in [2.75, 3.05) is 26.2 Å². The monoisotopic (exact) mass is 221 g/mol. The summed E-state index contributed by atoms with van der Waals surface area (Å²) in [5, 5.41) is 2.52. The van der Waals surface area contributed by atoms with E-state index in [2.05, 4.69) is 63.0 Å². The van der Waals surface area contributed by atoms with Gasteiger partial charge >= 0.3 is 0 Å². The van der Waals surface area contributed by atoms with Gasteiger partial charge in [-0.25, -0.2) is 4.59 Å². The first kappa shape index (κ1) is 13.2. The topological polar surface area (TPSA) is 3.24 Å². The summed E-state index contributed by atoms with van der Waals surface area (Å²) in [5.41, 5.74) is 1.40. The highest BCUT2D eigenvalue weighted by Crippen LogP contribution is 2.25. The Morgan fingerprint density at radius 3 is 1.75 bits per heavy atom. The van der Waals surface area contributed by atoms with E-state index >= 15 is 0 Å². The van der Waals surface area contributed by atoms with Gasteiger partial charge in [0.1, 0.15) is 0 Å². The lowest BCUT2D eigenvalue weighted by Gasteiger charge is -2.43. The van der Waals surface area contributed by atoms with Crippen LogP contribution in [0.25, 0.3) is 0 Å². The first-order chi connectivity index (χ1) is 7.75. The fraction of sp³-hybridized carbons (Fsp3) is 0.571. The van der Waals surface area contributed by atoms with Crippen molar-refractivity contribution in [1.29, 1.82) is 0 Å². The summed E-state index contributed by atoms with van der Waals surface area (Å²) in [5.74, 6) is 0. The van der Waals surface area contributed by atoms with Crippen molar-refractivity contribution in [3.05, 3.63) is 30.3 Å². The molecule has 0 N–H and O–H groups in total. The quantitative estimate of drug-likeness (QED) is 0.526. The molecule has 0 saturated carbocycles. The maximum absolute atomic E-state index is 2.52. The van der Waals surface area contributed by atoms with Crippen LogP contribution in [0.15, 0.2) is 30.3 Å². The highest BCUT2D eigenvalue weighted by molar-refractivity contribution is 5.41. The van der Waals surface area contributed by atoms with Crippen molar-refractivity contribution in [1.82, 2.24) is 9.60 Å². The van der Waals surface area contributed by atoms with E-state index in [1.807, 2.05) is 0 Å². The molecule has 0 aliphatic rings. The molecule has 0 saturated heterocycles. The van der Waals surface area contributed by atoms with Crippen LogP contribution < -0.4 is 4.59 Å². The van der Waals surface area contributed by atoms with Crippen molar-refractivity contribution in [2.24, 2.45) is 0 Å². The Morgan fingerprint density at radius 1 is 0.875 bits per heavy atom. The highest BCUT2D eigenvalue weighted by Gasteiger charge is 2.32. The van der Waals surface area contributed by atoms with Crippen LogP contribution in [0.4, 0.5) is 5.69 Å². The molecule has 0 spiro atoms. The van der Waals surface area contributed by atoms with E-state index in [1.165, 1.54) is 5.69 Å². The summed E-state index contributed by atoms with van der Waals surface area (Å²) in [7, 11) is 0. The van der Waals surface area contributed by atoms with Gasteiger partial charge in [0.25, 0.3) is 0 Å². The van der Waals surface area contributed by atoms with Crippen LogP contribution in [0, 0.1) is 0 Å². The second-order valence-electron chi connectivity index (χ2n) is 4.03. The fourth-order valence-electron chi connectivity index (χ4n) is 2.62. The summed E-state index contributed by atoms with van der Waals surface area (Å²) in [6.45, 7) is 13.4. The molecule has 0 fully saturated rings. The van der Waals surface area contributed by atoms with Gasteiger partial charge in [-0.1, -0.05) is 18.2 Å². The van der Waals surface area contributed by atoms with Gasteiger partial charge in [0.2, 0.25) is 0 Å². The molecule has 1 rings (SSSR count). The van der Waals surface area contributed by atoms with Gasteiger partial charge in [0.15, 0.2) is 5.69 Å². The number of quaternary nitrogens is 1. The molecule has 0 radical (unpaired) electrons. The standard InChI is InChI=1S/C14H25N2/c1-5-15(6-2)16(7-3,8-4)14-12-10-9-11-13-14/h9-13H,5-8H2,1-4H3/q+1. The number of rotatable bonds is 6. The van der Waals surface area contributed by atoms with Gasteiger partial charge in [-0.15, -0.1) is 0 Å². The van der Waals surface area contributed by atoms with E-state index in [1.54, 1.807) is 0 Å². The zero-order valence-electron chi connectivity index (χ0n) is 11.1. The zero-order chi connectivity index (χ0) is 12.0. The molecule has 0 atom stereocenters. The predicted octanol–water partition coefficient (Wildman–Crippen LogP) is 3.29. The summed E-state index contributed by atoms with van der Waals surface area (Å²) in [6, 6.07) is 10.8. The second kappa shape index (κ2) is 6.02. The van der Waals surface area contributed by atoms with E-state index in [4.69, 9.17) is 0 Å². The van der Waals surface area contributed by atoms with Gasteiger partial charge < -0.3 is 0 Å². The molecule has 0 amide bonds. The molecule has 90 valence electrons. The van der Waals surface area contributed by atoms with E-state index in [-0.39, 0.29) is 0 Å². The van der Waals surface area contributed by atoms with Crippen LogP contribution >= 0.6 is 0 Å². The van der Waals surface area contributed by atoms with Crippen molar-refractivity contribution >= 4 is 5.69 Å². The van der Waals surface area contributed by atoms with E-state index in [0.29, 0.717) is 0 Å². The Morgan fingerprint density at radius 2 is 1.38 bits per heavy atom. The van der Waals surface area contributed by atoms with Gasteiger partial charge in [0, 0.05) is 25.2 Å². The fourth-order valence-corrected chi connectivity index (χ4v) is 2.62. The van der Waals surface area contributed by atoms with Crippen molar-refractivity contribution in [3.8, 4) is 0 Å². The lowest BCUT2D eigenvalue weighted by atomic mass is 10.2. The average Bonchev–Trinajstić information content (AvgIpc) is 2.37.